The topological polar surface area (TPSA) is 38.2 Å². The molecule has 1 aromatic heterocycles. The molecular weight excluding hydrogens is 274 g/mol. The molecule has 104 valence electrons. The van der Waals surface area contributed by atoms with Crippen molar-refractivity contribution < 1.29 is 4.74 Å². The van der Waals surface area contributed by atoms with Crippen molar-refractivity contribution in [2.45, 2.75) is 19.9 Å². The van der Waals surface area contributed by atoms with Crippen LogP contribution in [0.1, 0.15) is 18.3 Å². The Morgan fingerprint density at radius 2 is 2.15 bits per heavy atom. The van der Waals surface area contributed by atoms with Gasteiger partial charge in [0.15, 0.2) is 0 Å². The molecule has 0 unspecified atom stereocenters. The van der Waals surface area contributed by atoms with Crippen LogP contribution in [0, 0.1) is 0 Å². The SMILES string of the molecule is CCc1nc(Cl)cc(N2CCOc3ccccc3C2)n1. The molecule has 0 spiro atoms. The van der Waals surface area contributed by atoms with Crippen molar-refractivity contribution in [2.24, 2.45) is 0 Å². The second kappa shape index (κ2) is 5.67. The third-order valence-electron chi connectivity index (χ3n) is 3.32. The highest BCUT2D eigenvalue weighted by Crippen LogP contribution is 2.26. The molecule has 0 bridgehead atoms. The van der Waals surface area contributed by atoms with E-state index in [9.17, 15) is 0 Å². The first-order chi connectivity index (χ1) is 9.76. The van der Waals surface area contributed by atoms with Crippen molar-refractivity contribution >= 4 is 17.4 Å². The first kappa shape index (κ1) is 13.2. The van der Waals surface area contributed by atoms with Gasteiger partial charge in [-0.1, -0.05) is 36.7 Å². The summed E-state index contributed by atoms with van der Waals surface area (Å²) in [6.45, 7) is 4.22. The van der Waals surface area contributed by atoms with Gasteiger partial charge in [-0.25, -0.2) is 9.97 Å². The number of ether oxygens (including phenoxy) is 1. The van der Waals surface area contributed by atoms with Crippen LogP contribution >= 0.6 is 11.6 Å². The Labute approximate surface area is 123 Å². The van der Waals surface area contributed by atoms with Gasteiger partial charge in [-0.05, 0) is 6.07 Å². The van der Waals surface area contributed by atoms with Crippen LogP contribution in [0.15, 0.2) is 30.3 Å². The van der Waals surface area contributed by atoms with E-state index in [-0.39, 0.29) is 0 Å². The molecule has 0 fully saturated rings. The van der Waals surface area contributed by atoms with Crippen LogP contribution in [0.25, 0.3) is 0 Å². The summed E-state index contributed by atoms with van der Waals surface area (Å²) in [6, 6.07) is 9.91. The average Bonchev–Trinajstić information content (AvgIpc) is 2.68. The van der Waals surface area contributed by atoms with Gasteiger partial charge in [0.25, 0.3) is 0 Å². The third-order valence-corrected chi connectivity index (χ3v) is 3.51. The maximum atomic E-state index is 6.08. The molecule has 0 radical (unpaired) electrons. The summed E-state index contributed by atoms with van der Waals surface area (Å²) in [6.07, 6.45) is 0.772. The van der Waals surface area contributed by atoms with E-state index >= 15 is 0 Å². The number of aryl methyl sites for hydroxylation is 1. The van der Waals surface area contributed by atoms with Gasteiger partial charge in [-0.3, -0.25) is 0 Å². The Kier molecular flexibility index (Phi) is 3.74. The molecule has 0 aliphatic carbocycles. The van der Waals surface area contributed by atoms with Crippen LogP contribution in [-0.4, -0.2) is 23.1 Å². The predicted octanol–water partition coefficient (Wildman–Crippen LogP) is 3.09. The molecule has 2 heterocycles. The number of anilines is 1. The third kappa shape index (κ3) is 2.70. The number of hydrogen-bond donors (Lipinski definition) is 0. The molecule has 3 rings (SSSR count). The highest BCUT2D eigenvalue weighted by molar-refractivity contribution is 6.29. The van der Waals surface area contributed by atoms with Gasteiger partial charge in [0.2, 0.25) is 0 Å². The van der Waals surface area contributed by atoms with Crippen LogP contribution in [0.5, 0.6) is 5.75 Å². The van der Waals surface area contributed by atoms with Crippen molar-refractivity contribution in [2.75, 3.05) is 18.1 Å². The summed E-state index contributed by atoms with van der Waals surface area (Å²) < 4.78 is 5.77. The van der Waals surface area contributed by atoms with Gasteiger partial charge in [-0.15, -0.1) is 0 Å². The number of fused-ring (bicyclic) bond motifs is 1. The van der Waals surface area contributed by atoms with Crippen molar-refractivity contribution in [3.05, 3.63) is 46.9 Å². The maximum absolute atomic E-state index is 6.08. The largest absolute Gasteiger partial charge is 0.491 e. The van der Waals surface area contributed by atoms with E-state index in [0.717, 1.165) is 42.5 Å². The first-order valence-corrected chi connectivity index (χ1v) is 7.13. The average molecular weight is 290 g/mol. The molecule has 2 aromatic rings. The smallest absolute Gasteiger partial charge is 0.134 e. The van der Waals surface area contributed by atoms with Crippen LogP contribution < -0.4 is 9.64 Å². The zero-order valence-electron chi connectivity index (χ0n) is 11.3. The molecule has 1 aliphatic heterocycles. The maximum Gasteiger partial charge on any atom is 0.134 e. The summed E-state index contributed by atoms with van der Waals surface area (Å²) in [7, 11) is 0. The van der Waals surface area contributed by atoms with Crippen molar-refractivity contribution in [1.82, 2.24) is 9.97 Å². The van der Waals surface area contributed by atoms with Crippen molar-refractivity contribution in [1.29, 1.82) is 0 Å². The van der Waals surface area contributed by atoms with E-state index in [1.165, 1.54) is 0 Å². The number of aromatic nitrogens is 2. The van der Waals surface area contributed by atoms with E-state index in [1.807, 2.05) is 31.2 Å². The fourth-order valence-corrected chi connectivity index (χ4v) is 2.49. The minimum atomic E-state index is 0.491. The van der Waals surface area contributed by atoms with E-state index in [0.29, 0.717) is 11.8 Å². The number of hydrogen-bond acceptors (Lipinski definition) is 4. The molecule has 1 aromatic carbocycles. The molecule has 20 heavy (non-hydrogen) atoms. The zero-order valence-corrected chi connectivity index (χ0v) is 12.1. The molecule has 0 saturated carbocycles. The van der Waals surface area contributed by atoms with Crippen LogP contribution in [0.4, 0.5) is 5.82 Å². The number of nitrogens with zero attached hydrogens (tertiary/aromatic N) is 3. The van der Waals surface area contributed by atoms with E-state index < -0.39 is 0 Å². The van der Waals surface area contributed by atoms with Crippen LogP contribution in [-0.2, 0) is 13.0 Å². The summed E-state index contributed by atoms with van der Waals surface area (Å²) in [5.41, 5.74) is 1.16. The van der Waals surface area contributed by atoms with Crippen molar-refractivity contribution in [3.8, 4) is 5.75 Å². The Morgan fingerprint density at radius 3 is 3.00 bits per heavy atom. The predicted molar refractivity (Wildman–Crippen MR) is 79.4 cm³/mol. The normalized spacial score (nSPS) is 14.4. The molecule has 4 nitrogen and oxygen atoms in total. The molecule has 0 amide bonds. The van der Waals surface area contributed by atoms with E-state index in [2.05, 4.69) is 20.9 Å². The molecule has 0 saturated heterocycles. The molecule has 0 N–H and O–H groups in total. The Hall–Kier alpha value is -1.81. The summed E-state index contributed by atoms with van der Waals surface area (Å²) >= 11 is 6.08. The van der Waals surface area contributed by atoms with E-state index in [4.69, 9.17) is 16.3 Å². The Balaban J connectivity index is 1.93. The minimum Gasteiger partial charge on any atom is -0.491 e. The zero-order chi connectivity index (χ0) is 13.9. The highest BCUT2D eigenvalue weighted by Gasteiger charge is 2.17. The second-order valence-electron chi connectivity index (χ2n) is 4.70. The lowest BCUT2D eigenvalue weighted by molar-refractivity contribution is 0.331. The van der Waals surface area contributed by atoms with Gasteiger partial charge < -0.3 is 9.64 Å². The Bertz CT molecular complexity index is 618. The fourth-order valence-electron chi connectivity index (χ4n) is 2.29. The Morgan fingerprint density at radius 1 is 1.30 bits per heavy atom. The van der Waals surface area contributed by atoms with Crippen molar-refractivity contribution in [3.63, 3.8) is 0 Å². The number of benzene rings is 1. The number of rotatable bonds is 2. The minimum absolute atomic E-state index is 0.491. The molecule has 1 aliphatic rings. The van der Waals surface area contributed by atoms with Crippen LogP contribution in [0.3, 0.4) is 0 Å². The quantitative estimate of drug-likeness (QED) is 0.796. The summed E-state index contributed by atoms with van der Waals surface area (Å²) in [4.78, 5) is 11.0. The lowest BCUT2D eigenvalue weighted by atomic mass is 10.2. The number of halogens is 1. The summed E-state index contributed by atoms with van der Waals surface area (Å²) in [5.74, 6) is 2.58. The lowest BCUT2D eigenvalue weighted by Gasteiger charge is -2.21. The summed E-state index contributed by atoms with van der Waals surface area (Å²) in [5, 5.41) is 0.491. The first-order valence-electron chi connectivity index (χ1n) is 6.75. The fraction of sp³-hybridized carbons (Fsp3) is 0.333. The number of para-hydroxylation sites is 1. The highest BCUT2D eigenvalue weighted by atomic mass is 35.5. The molecule has 5 heteroatoms. The van der Waals surface area contributed by atoms with Gasteiger partial charge in [0, 0.05) is 24.6 Å². The van der Waals surface area contributed by atoms with E-state index in [1.54, 1.807) is 0 Å². The molecular formula is C15H16ClN3O. The van der Waals surface area contributed by atoms with Gasteiger partial charge in [-0.2, -0.15) is 0 Å². The van der Waals surface area contributed by atoms with Crippen LogP contribution in [0.2, 0.25) is 5.15 Å². The van der Waals surface area contributed by atoms with Gasteiger partial charge in [0.1, 0.15) is 29.2 Å². The van der Waals surface area contributed by atoms with Gasteiger partial charge >= 0.3 is 0 Å². The lowest BCUT2D eigenvalue weighted by Crippen LogP contribution is -2.26. The monoisotopic (exact) mass is 289 g/mol. The van der Waals surface area contributed by atoms with Gasteiger partial charge in [0.05, 0.1) is 6.54 Å². The molecule has 0 atom stereocenters. The second-order valence-corrected chi connectivity index (χ2v) is 5.08. The standard InChI is InChI=1S/C15H16ClN3O/c1-2-14-17-13(16)9-15(18-14)19-7-8-20-12-6-4-3-5-11(12)10-19/h3-6,9H,2,7-8,10H2,1H3.